The van der Waals surface area contributed by atoms with E-state index in [9.17, 15) is 22.4 Å². The molecule has 0 saturated heterocycles. The minimum Gasteiger partial charge on any atom is -0.296 e. The van der Waals surface area contributed by atoms with Crippen LogP contribution in [0.3, 0.4) is 0 Å². The molecule has 3 aromatic heterocycles. The lowest BCUT2D eigenvalue weighted by Gasteiger charge is -2.07. The van der Waals surface area contributed by atoms with E-state index in [4.69, 9.17) is 0 Å². The summed E-state index contributed by atoms with van der Waals surface area (Å²) in [7, 11) is 0. The molecule has 134 valence electrons. The van der Waals surface area contributed by atoms with E-state index < -0.39 is 23.6 Å². The summed E-state index contributed by atoms with van der Waals surface area (Å²) >= 11 is 0.656. The number of rotatable bonds is 3. The Labute approximate surface area is 148 Å². The zero-order valence-electron chi connectivity index (χ0n) is 13.1. The minimum atomic E-state index is -4.58. The molecule has 0 bridgehead atoms. The number of aromatic nitrogens is 3. The van der Waals surface area contributed by atoms with Gasteiger partial charge in [0.25, 0.3) is 5.91 Å². The van der Waals surface area contributed by atoms with Crippen molar-refractivity contribution < 1.29 is 22.4 Å². The molecule has 0 radical (unpaired) electrons. The second-order valence-corrected chi connectivity index (χ2v) is 6.12. The molecule has 0 aliphatic heterocycles. The number of hydrogen-bond acceptors (Lipinski definition) is 5. The highest BCUT2D eigenvalue weighted by Crippen LogP contribution is 2.31. The van der Waals surface area contributed by atoms with Crippen molar-refractivity contribution in [2.24, 2.45) is 0 Å². The van der Waals surface area contributed by atoms with Gasteiger partial charge in [-0.05, 0) is 30.7 Å². The van der Waals surface area contributed by atoms with Crippen molar-refractivity contribution in [2.75, 3.05) is 5.32 Å². The maximum atomic E-state index is 13.3. The quantitative estimate of drug-likeness (QED) is 0.685. The van der Waals surface area contributed by atoms with Crippen molar-refractivity contribution in [1.29, 1.82) is 0 Å². The van der Waals surface area contributed by atoms with Crippen LogP contribution in [0.1, 0.15) is 21.9 Å². The first-order valence-corrected chi connectivity index (χ1v) is 8.04. The Morgan fingerprint density at radius 2 is 1.88 bits per heavy atom. The second-order valence-electron chi connectivity index (χ2n) is 5.26. The fraction of sp³-hybridized carbons (Fsp3) is 0.125. The molecule has 1 amide bonds. The lowest BCUT2D eigenvalue weighted by molar-refractivity contribution is -0.140. The van der Waals surface area contributed by atoms with Crippen LogP contribution in [0.25, 0.3) is 11.1 Å². The molecule has 0 atom stereocenters. The van der Waals surface area contributed by atoms with Gasteiger partial charge in [0.1, 0.15) is 11.5 Å². The van der Waals surface area contributed by atoms with Crippen LogP contribution in [-0.2, 0) is 6.18 Å². The number of alkyl halides is 3. The highest BCUT2D eigenvalue weighted by molar-refractivity contribution is 7.14. The summed E-state index contributed by atoms with van der Waals surface area (Å²) in [5, 5.41) is 2.90. The van der Waals surface area contributed by atoms with E-state index in [1.807, 2.05) is 0 Å². The molecule has 10 heteroatoms. The van der Waals surface area contributed by atoms with Gasteiger partial charge >= 0.3 is 6.18 Å². The van der Waals surface area contributed by atoms with E-state index in [1.54, 1.807) is 13.0 Å². The van der Waals surface area contributed by atoms with Gasteiger partial charge in [0, 0.05) is 22.8 Å². The summed E-state index contributed by atoms with van der Waals surface area (Å²) in [4.78, 5) is 23.4. The van der Waals surface area contributed by atoms with Gasteiger partial charge in [-0.1, -0.05) is 0 Å². The predicted molar refractivity (Wildman–Crippen MR) is 87.2 cm³/mol. The van der Waals surface area contributed by atoms with Gasteiger partial charge in [0.05, 0.1) is 6.20 Å². The van der Waals surface area contributed by atoms with Gasteiger partial charge in [0.2, 0.25) is 0 Å². The number of pyridine rings is 2. The van der Waals surface area contributed by atoms with E-state index in [0.717, 1.165) is 11.6 Å². The average Bonchev–Trinajstić information content (AvgIpc) is 3.03. The van der Waals surface area contributed by atoms with Crippen LogP contribution in [0.4, 0.5) is 22.7 Å². The molecule has 3 heterocycles. The van der Waals surface area contributed by atoms with Crippen LogP contribution in [0.5, 0.6) is 0 Å². The number of aryl methyl sites for hydroxylation is 1. The Balaban J connectivity index is 1.87. The van der Waals surface area contributed by atoms with Gasteiger partial charge in [-0.2, -0.15) is 13.2 Å². The zero-order chi connectivity index (χ0) is 18.9. The summed E-state index contributed by atoms with van der Waals surface area (Å²) in [6, 6.07) is 4.29. The van der Waals surface area contributed by atoms with Crippen molar-refractivity contribution in [2.45, 2.75) is 13.1 Å². The smallest absolute Gasteiger partial charge is 0.296 e. The number of thiazole rings is 1. The molecular weight excluding hydrogens is 372 g/mol. The first-order valence-electron chi connectivity index (χ1n) is 7.16. The van der Waals surface area contributed by atoms with Crippen molar-refractivity contribution in [3.8, 4) is 11.1 Å². The normalized spacial score (nSPS) is 11.4. The van der Waals surface area contributed by atoms with Crippen LogP contribution in [0.15, 0.2) is 36.0 Å². The predicted octanol–water partition coefficient (Wildman–Crippen LogP) is 4.32. The van der Waals surface area contributed by atoms with Crippen molar-refractivity contribution in [1.82, 2.24) is 15.0 Å². The van der Waals surface area contributed by atoms with E-state index in [1.165, 1.54) is 18.3 Å². The molecule has 0 saturated carbocycles. The summed E-state index contributed by atoms with van der Waals surface area (Å²) in [5.74, 6) is -1.26. The van der Waals surface area contributed by atoms with E-state index in [0.29, 0.717) is 28.2 Å². The van der Waals surface area contributed by atoms with Crippen molar-refractivity contribution in [3.63, 3.8) is 0 Å². The average molecular weight is 382 g/mol. The number of halogens is 4. The van der Waals surface area contributed by atoms with Gasteiger partial charge in [-0.3, -0.25) is 15.1 Å². The maximum absolute atomic E-state index is 13.3. The van der Waals surface area contributed by atoms with Crippen molar-refractivity contribution >= 4 is 22.4 Å². The van der Waals surface area contributed by atoms with Gasteiger partial charge in [-0.15, -0.1) is 11.3 Å². The summed E-state index contributed by atoms with van der Waals surface area (Å²) < 4.78 is 51.1. The third-order valence-electron chi connectivity index (χ3n) is 3.24. The Kier molecular flexibility index (Phi) is 4.68. The Morgan fingerprint density at radius 3 is 2.54 bits per heavy atom. The van der Waals surface area contributed by atoms with E-state index in [-0.39, 0.29) is 10.8 Å². The monoisotopic (exact) mass is 382 g/mol. The number of anilines is 1. The van der Waals surface area contributed by atoms with Crippen LogP contribution < -0.4 is 5.32 Å². The lowest BCUT2D eigenvalue weighted by Crippen LogP contribution is -2.15. The topological polar surface area (TPSA) is 67.8 Å². The first kappa shape index (κ1) is 17.9. The number of hydrogen-bond donors (Lipinski definition) is 1. The lowest BCUT2D eigenvalue weighted by atomic mass is 10.1. The molecule has 0 spiro atoms. The van der Waals surface area contributed by atoms with Crippen LogP contribution in [0.2, 0.25) is 0 Å². The number of carbonyl (C=O) groups excluding carboxylic acids is 1. The second kappa shape index (κ2) is 6.79. The molecule has 5 nitrogen and oxygen atoms in total. The number of nitrogens with one attached hydrogen (secondary N) is 1. The number of nitrogens with zero attached hydrogens (tertiary/aromatic N) is 3. The van der Waals surface area contributed by atoms with E-state index in [2.05, 4.69) is 20.3 Å². The SMILES string of the molecule is Cc1cc(-c2cncc(F)c2)cc(C(=O)Nc2nc(C(F)(F)F)cs2)n1. The van der Waals surface area contributed by atoms with Crippen LogP contribution in [0, 0.1) is 12.7 Å². The summed E-state index contributed by atoms with van der Waals surface area (Å²) in [5.41, 5.74) is 0.310. The molecule has 0 aliphatic rings. The summed E-state index contributed by atoms with van der Waals surface area (Å²) in [6.07, 6.45) is -2.11. The molecule has 0 unspecified atom stereocenters. The highest BCUT2D eigenvalue weighted by atomic mass is 32.1. The molecular formula is C16H10F4N4OS. The molecule has 26 heavy (non-hydrogen) atoms. The Hall–Kier alpha value is -2.88. The molecule has 0 aliphatic carbocycles. The third-order valence-corrected chi connectivity index (χ3v) is 4.00. The molecule has 1 N–H and O–H groups in total. The van der Waals surface area contributed by atoms with Gasteiger partial charge in [0.15, 0.2) is 10.8 Å². The van der Waals surface area contributed by atoms with Gasteiger partial charge < -0.3 is 0 Å². The van der Waals surface area contributed by atoms with Crippen molar-refractivity contribution in [3.05, 3.63) is 58.9 Å². The Morgan fingerprint density at radius 1 is 1.12 bits per heavy atom. The molecule has 0 aromatic carbocycles. The maximum Gasteiger partial charge on any atom is 0.434 e. The number of carbonyl (C=O) groups is 1. The molecule has 0 fully saturated rings. The molecule has 3 rings (SSSR count). The minimum absolute atomic E-state index is 0.0342. The number of amides is 1. The van der Waals surface area contributed by atoms with Gasteiger partial charge in [-0.25, -0.2) is 14.4 Å². The molecule has 3 aromatic rings. The third kappa shape index (κ3) is 4.02. The van der Waals surface area contributed by atoms with Crippen LogP contribution in [-0.4, -0.2) is 20.9 Å². The fourth-order valence-corrected chi connectivity index (χ4v) is 2.86. The summed E-state index contributed by atoms with van der Waals surface area (Å²) in [6.45, 7) is 1.64. The largest absolute Gasteiger partial charge is 0.434 e. The van der Waals surface area contributed by atoms with Crippen LogP contribution >= 0.6 is 11.3 Å². The highest BCUT2D eigenvalue weighted by Gasteiger charge is 2.34. The first-order chi connectivity index (χ1) is 12.2. The fourth-order valence-electron chi connectivity index (χ4n) is 2.14. The standard InChI is InChI=1S/C16H10F4N4OS/c1-8-2-9(10-3-11(17)6-21-5-10)4-12(22-8)14(25)24-15-23-13(7-26-15)16(18,19)20/h2-7H,1H3,(H,23,24,25). The van der Waals surface area contributed by atoms with E-state index >= 15 is 0 Å². The Bertz CT molecular complexity index is 971. The zero-order valence-corrected chi connectivity index (χ0v) is 14.0.